The van der Waals surface area contributed by atoms with Crippen LogP contribution in [0.1, 0.15) is 43.0 Å². The van der Waals surface area contributed by atoms with Crippen LogP contribution in [0.3, 0.4) is 0 Å². The second kappa shape index (κ2) is 6.32. The standard InChI is InChI=1S/C15H17NO4/c1-10(17)16-12-8-6-11(7-9-12)15(19)20-14-5-3-2-4-13(14)18/h6-9,14H,2-5H2,1H3,(H,16,17)/t14-/m1/s1. The number of hydrogen-bond donors (Lipinski definition) is 1. The summed E-state index contributed by atoms with van der Waals surface area (Å²) in [6.07, 6.45) is 2.27. The number of Topliss-reactive ketones (excluding diaryl/α,β-unsaturated/α-hetero) is 1. The molecule has 1 atom stereocenters. The molecule has 1 aromatic carbocycles. The number of anilines is 1. The van der Waals surface area contributed by atoms with Crippen molar-refractivity contribution in [1.29, 1.82) is 0 Å². The van der Waals surface area contributed by atoms with Gasteiger partial charge in [-0.1, -0.05) is 0 Å². The highest BCUT2D eigenvalue weighted by Gasteiger charge is 2.26. The summed E-state index contributed by atoms with van der Waals surface area (Å²) in [5.74, 6) is -0.674. The van der Waals surface area contributed by atoms with E-state index in [9.17, 15) is 14.4 Å². The molecule has 0 aliphatic heterocycles. The van der Waals surface area contributed by atoms with E-state index in [2.05, 4.69) is 5.32 Å². The Labute approximate surface area is 117 Å². The molecule has 5 nitrogen and oxygen atoms in total. The molecule has 0 aromatic heterocycles. The van der Waals surface area contributed by atoms with Gasteiger partial charge >= 0.3 is 5.97 Å². The zero-order valence-corrected chi connectivity index (χ0v) is 11.3. The zero-order chi connectivity index (χ0) is 14.5. The number of hydrogen-bond acceptors (Lipinski definition) is 4. The summed E-state index contributed by atoms with van der Waals surface area (Å²) in [6, 6.07) is 6.39. The normalized spacial score (nSPS) is 18.4. The molecule has 0 radical (unpaired) electrons. The molecule has 0 saturated heterocycles. The van der Waals surface area contributed by atoms with Crippen LogP contribution in [-0.2, 0) is 14.3 Å². The molecule has 1 N–H and O–H groups in total. The number of ether oxygens (including phenoxy) is 1. The number of benzene rings is 1. The highest BCUT2D eigenvalue weighted by molar-refractivity contribution is 5.94. The fourth-order valence-electron chi connectivity index (χ4n) is 2.17. The van der Waals surface area contributed by atoms with E-state index in [0.29, 0.717) is 24.1 Å². The molecule has 1 saturated carbocycles. The van der Waals surface area contributed by atoms with Crippen molar-refractivity contribution in [3.63, 3.8) is 0 Å². The van der Waals surface area contributed by atoms with E-state index in [0.717, 1.165) is 12.8 Å². The zero-order valence-electron chi connectivity index (χ0n) is 11.3. The molecule has 1 aliphatic carbocycles. The first kappa shape index (κ1) is 14.2. The van der Waals surface area contributed by atoms with Crippen LogP contribution in [0, 0.1) is 0 Å². The minimum absolute atomic E-state index is 0.000494. The maximum Gasteiger partial charge on any atom is 0.338 e. The van der Waals surface area contributed by atoms with Crippen LogP contribution in [0.15, 0.2) is 24.3 Å². The van der Waals surface area contributed by atoms with E-state index in [1.54, 1.807) is 24.3 Å². The van der Waals surface area contributed by atoms with Gasteiger partial charge in [0.1, 0.15) is 0 Å². The molecule has 106 valence electrons. The molecule has 0 unspecified atom stereocenters. The van der Waals surface area contributed by atoms with Crippen LogP contribution in [0.5, 0.6) is 0 Å². The van der Waals surface area contributed by atoms with Gasteiger partial charge in [0.15, 0.2) is 11.9 Å². The largest absolute Gasteiger partial charge is 0.451 e. The maximum atomic E-state index is 11.9. The third kappa shape index (κ3) is 3.66. The Morgan fingerprint density at radius 2 is 1.90 bits per heavy atom. The predicted octanol–water partition coefficient (Wildman–Crippen LogP) is 2.31. The first-order valence-electron chi connectivity index (χ1n) is 6.67. The van der Waals surface area contributed by atoms with Crippen molar-refractivity contribution < 1.29 is 19.1 Å². The van der Waals surface area contributed by atoms with E-state index < -0.39 is 12.1 Å². The van der Waals surface area contributed by atoms with Crippen molar-refractivity contribution in [3.8, 4) is 0 Å². The number of nitrogens with one attached hydrogen (secondary N) is 1. The lowest BCUT2D eigenvalue weighted by atomic mass is 9.96. The Balaban J connectivity index is 1.98. The molecular formula is C15H17NO4. The minimum Gasteiger partial charge on any atom is -0.451 e. The van der Waals surface area contributed by atoms with E-state index in [4.69, 9.17) is 4.74 Å². The van der Waals surface area contributed by atoms with Crippen LogP contribution in [0.4, 0.5) is 5.69 Å². The van der Waals surface area contributed by atoms with Crippen LogP contribution >= 0.6 is 0 Å². The van der Waals surface area contributed by atoms with E-state index in [1.165, 1.54) is 6.92 Å². The Bertz CT molecular complexity index is 521. The Hall–Kier alpha value is -2.17. The lowest BCUT2D eigenvalue weighted by Crippen LogP contribution is -2.30. The van der Waals surface area contributed by atoms with Gasteiger partial charge in [-0.05, 0) is 43.5 Å². The minimum atomic E-state index is -0.605. The molecule has 5 heteroatoms. The topological polar surface area (TPSA) is 72.5 Å². The van der Waals surface area contributed by atoms with Crippen molar-refractivity contribution in [2.24, 2.45) is 0 Å². The molecule has 0 bridgehead atoms. The van der Waals surface area contributed by atoms with E-state index >= 15 is 0 Å². The summed E-state index contributed by atoms with van der Waals surface area (Å²) in [6.45, 7) is 1.41. The first-order chi connectivity index (χ1) is 9.56. The monoisotopic (exact) mass is 275 g/mol. The SMILES string of the molecule is CC(=O)Nc1ccc(C(=O)O[C@@H]2CCCCC2=O)cc1. The second-order valence-electron chi connectivity index (χ2n) is 4.86. The summed E-state index contributed by atoms with van der Waals surface area (Å²) in [5.41, 5.74) is 0.986. The third-order valence-electron chi connectivity index (χ3n) is 3.19. The smallest absolute Gasteiger partial charge is 0.338 e. The van der Waals surface area contributed by atoms with E-state index in [1.807, 2.05) is 0 Å². The van der Waals surface area contributed by atoms with Crippen molar-refractivity contribution in [2.45, 2.75) is 38.7 Å². The highest BCUT2D eigenvalue weighted by atomic mass is 16.5. The molecule has 1 amide bonds. The van der Waals surface area contributed by atoms with Gasteiger partial charge in [-0.25, -0.2) is 4.79 Å². The molecule has 1 aliphatic rings. The lowest BCUT2D eigenvalue weighted by molar-refractivity contribution is -0.129. The van der Waals surface area contributed by atoms with Gasteiger partial charge < -0.3 is 10.1 Å². The van der Waals surface area contributed by atoms with Crippen molar-refractivity contribution in [2.75, 3.05) is 5.32 Å². The molecule has 1 fully saturated rings. The van der Waals surface area contributed by atoms with Gasteiger partial charge in [-0.2, -0.15) is 0 Å². The van der Waals surface area contributed by atoms with Gasteiger partial charge in [0.2, 0.25) is 5.91 Å². The summed E-state index contributed by atoms with van der Waals surface area (Å²) >= 11 is 0. The number of carbonyl (C=O) groups excluding carboxylic acids is 3. The summed E-state index contributed by atoms with van der Waals surface area (Å²) in [7, 11) is 0. The fourth-order valence-corrected chi connectivity index (χ4v) is 2.17. The fraction of sp³-hybridized carbons (Fsp3) is 0.400. The van der Waals surface area contributed by atoms with Crippen LogP contribution in [0.25, 0.3) is 0 Å². The number of carbonyl (C=O) groups is 3. The third-order valence-corrected chi connectivity index (χ3v) is 3.19. The van der Waals surface area contributed by atoms with Crippen molar-refractivity contribution in [3.05, 3.63) is 29.8 Å². The van der Waals surface area contributed by atoms with Crippen LogP contribution in [-0.4, -0.2) is 23.8 Å². The van der Waals surface area contributed by atoms with E-state index in [-0.39, 0.29) is 11.7 Å². The highest BCUT2D eigenvalue weighted by Crippen LogP contribution is 2.19. The number of amides is 1. The van der Waals surface area contributed by atoms with Gasteiger partial charge in [-0.15, -0.1) is 0 Å². The predicted molar refractivity (Wildman–Crippen MR) is 73.4 cm³/mol. The number of ketones is 1. The second-order valence-corrected chi connectivity index (χ2v) is 4.86. The molecule has 0 spiro atoms. The molecule has 0 heterocycles. The maximum absolute atomic E-state index is 11.9. The first-order valence-corrected chi connectivity index (χ1v) is 6.67. The van der Waals surface area contributed by atoms with Crippen molar-refractivity contribution in [1.82, 2.24) is 0 Å². The van der Waals surface area contributed by atoms with Gasteiger partial charge in [0.05, 0.1) is 5.56 Å². The number of rotatable bonds is 3. The summed E-state index contributed by atoms with van der Waals surface area (Å²) in [4.78, 5) is 34.4. The van der Waals surface area contributed by atoms with Crippen LogP contribution in [0.2, 0.25) is 0 Å². The average Bonchev–Trinajstić information content (AvgIpc) is 2.41. The average molecular weight is 275 g/mol. The van der Waals surface area contributed by atoms with Gasteiger partial charge in [0.25, 0.3) is 0 Å². The van der Waals surface area contributed by atoms with Gasteiger partial charge in [0, 0.05) is 19.0 Å². The lowest BCUT2D eigenvalue weighted by Gasteiger charge is -2.20. The molecule has 2 rings (SSSR count). The van der Waals surface area contributed by atoms with Crippen molar-refractivity contribution >= 4 is 23.3 Å². The Kier molecular flexibility index (Phi) is 4.50. The van der Waals surface area contributed by atoms with Gasteiger partial charge in [-0.3, -0.25) is 9.59 Å². The molecule has 20 heavy (non-hydrogen) atoms. The van der Waals surface area contributed by atoms with Crippen LogP contribution < -0.4 is 5.32 Å². The summed E-state index contributed by atoms with van der Waals surface area (Å²) in [5, 5.41) is 2.61. The summed E-state index contributed by atoms with van der Waals surface area (Å²) < 4.78 is 5.23. The number of esters is 1. The molecule has 1 aromatic rings. The Morgan fingerprint density at radius 3 is 2.50 bits per heavy atom. The quantitative estimate of drug-likeness (QED) is 0.859. The Morgan fingerprint density at radius 1 is 1.20 bits per heavy atom. The molecular weight excluding hydrogens is 258 g/mol.